The van der Waals surface area contributed by atoms with E-state index in [1.807, 2.05) is 45.0 Å². The first-order chi connectivity index (χ1) is 16.6. The number of ether oxygens (including phenoxy) is 2. The fourth-order valence-electron chi connectivity index (χ4n) is 4.79. The number of carboxylic acid groups (broad SMARTS) is 1. The number of carbonyl (C=O) groups excluding carboxylic acids is 2. The van der Waals surface area contributed by atoms with Gasteiger partial charge in [-0.15, -0.1) is 0 Å². The summed E-state index contributed by atoms with van der Waals surface area (Å²) in [6, 6.07) is 15.1. The predicted molar refractivity (Wildman–Crippen MR) is 130 cm³/mol. The number of nitrogens with one attached hydrogen (secondary N) is 2. The highest BCUT2D eigenvalue weighted by Gasteiger charge is 2.37. The number of aliphatic carboxylic acids is 1. The molecule has 2 amide bonds. The molecule has 1 unspecified atom stereocenters. The smallest absolute Gasteiger partial charge is 0.407 e. The van der Waals surface area contributed by atoms with Crippen molar-refractivity contribution in [3.05, 3.63) is 59.7 Å². The van der Waals surface area contributed by atoms with Gasteiger partial charge in [0.05, 0.1) is 6.04 Å². The van der Waals surface area contributed by atoms with Crippen LogP contribution in [0.15, 0.2) is 48.5 Å². The first-order valence-corrected chi connectivity index (χ1v) is 11.9. The Balaban J connectivity index is 1.37. The third-order valence-corrected chi connectivity index (χ3v) is 6.75. The van der Waals surface area contributed by atoms with Crippen molar-refractivity contribution < 1.29 is 29.0 Å². The quantitative estimate of drug-likeness (QED) is 0.557. The molecule has 3 N–H and O–H groups in total. The van der Waals surface area contributed by atoms with E-state index in [4.69, 9.17) is 9.47 Å². The van der Waals surface area contributed by atoms with Crippen LogP contribution in [0.25, 0.3) is 11.1 Å². The van der Waals surface area contributed by atoms with Crippen molar-refractivity contribution in [2.45, 2.75) is 57.7 Å². The first-order valence-electron chi connectivity index (χ1n) is 11.9. The van der Waals surface area contributed by atoms with Gasteiger partial charge < -0.3 is 25.2 Å². The Labute approximate surface area is 205 Å². The molecule has 0 radical (unpaired) electrons. The molecule has 8 nitrogen and oxygen atoms in total. The predicted octanol–water partition coefficient (Wildman–Crippen LogP) is 3.69. The van der Waals surface area contributed by atoms with Gasteiger partial charge in [-0.3, -0.25) is 4.79 Å². The lowest BCUT2D eigenvalue weighted by Gasteiger charge is -2.31. The van der Waals surface area contributed by atoms with Crippen LogP contribution in [0, 0.1) is 5.41 Å². The van der Waals surface area contributed by atoms with Gasteiger partial charge in [-0.25, -0.2) is 9.59 Å². The molecule has 8 heteroatoms. The van der Waals surface area contributed by atoms with Crippen molar-refractivity contribution in [1.82, 2.24) is 10.6 Å². The molecule has 0 spiro atoms. The third-order valence-electron chi connectivity index (χ3n) is 6.75. The summed E-state index contributed by atoms with van der Waals surface area (Å²) in [6.07, 6.45) is -1.21. The second kappa shape index (κ2) is 10.1. The Kier molecular flexibility index (Phi) is 7.12. The summed E-state index contributed by atoms with van der Waals surface area (Å²) in [5, 5.41) is 14.8. The van der Waals surface area contributed by atoms with E-state index in [2.05, 4.69) is 34.9 Å². The summed E-state index contributed by atoms with van der Waals surface area (Å²) in [4.78, 5) is 36.8. The third kappa shape index (κ3) is 5.48. The number of hydrogen-bond donors (Lipinski definition) is 3. The number of rotatable bonds is 7. The molecule has 1 aliphatic heterocycles. The first kappa shape index (κ1) is 24.7. The molecule has 4 rings (SSSR count). The van der Waals surface area contributed by atoms with Crippen LogP contribution in [-0.4, -0.2) is 54.5 Å². The van der Waals surface area contributed by atoms with E-state index in [-0.39, 0.29) is 31.5 Å². The van der Waals surface area contributed by atoms with Crippen LogP contribution in [0.1, 0.15) is 50.7 Å². The average molecular weight is 481 g/mol. The van der Waals surface area contributed by atoms with Crippen molar-refractivity contribution in [1.29, 1.82) is 0 Å². The van der Waals surface area contributed by atoms with Crippen molar-refractivity contribution >= 4 is 18.0 Å². The maximum Gasteiger partial charge on any atom is 0.407 e. The minimum absolute atomic E-state index is 0.00344. The van der Waals surface area contributed by atoms with E-state index in [0.29, 0.717) is 6.42 Å². The maximum atomic E-state index is 12.8. The number of hydrogen-bond acceptors (Lipinski definition) is 5. The second-order valence-corrected chi connectivity index (χ2v) is 10.2. The molecule has 2 aliphatic rings. The molecule has 1 saturated heterocycles. The standard InChI is InChI=1S/C27H32N2O6/c1-27(2,3)22(14-23(30)28-21-12-13-34-24(21)25(31)32)29-26(33)35-15-20-18-10-6-4-8-16(18)17-9-5-7-11-19(17)20/h4-11,20-22,24H,12-15H2,1-3H3,(H,28,30)(H,29,33)(H,31,32)/t21-,22?,24+/m1/s1. The van der Waals surface area contributed by atoms with E-state index in [1.54, 1.807) is 0 Å². The average Bonchev–Trinajstić information content (AvgIpc) is 3.39. The maximum absolute atomic E-state index is 12.8. The molecular formula is C27H32N2O6. The number of alkyl carbamates (subject to hydrolysis) is 1. The highest BCUT2D eigenvalue weighted by molar-refractivity contribution is 5.81. The SMILES string of the molecule is CC(C)(C)C(CC(=O)N[C@@H]1CCO[C@@H]1C(=O)O)NC(=O)OCC1c2ccccc2-c2ccccc21. The summed E-state index contributed by atoms with van der Waals surface area (Å²) in [5.41, 5.74) is 4.12. The van der Waals surface area contributed by atoms with Gasteiger partial charge in [0.25, 0.3) is 0 Å². The highest BCUT2D eigenvalue weighted by atomic mass is 16.5. The van der Waals surface area contributed by atoms with Crippen molar-refractivity contribution in [3.8, 4) is 11.1 Å². The van der Waals surface area contributed by atoms with Crippen molar-refractivity contribution in [3.63, 3.8) is 0 Å². The van der Waals surface area contributed by atoms with Crippen molar-refractivity contribution in [2.24, 2.45) is 5.41 Å². The van der Waals surface area contributed by atoms with Gasteiger partial charge >= 0.3 is 12.1 Å². The summed E-state index contributed by atoms with van der Waals surface area (Å²) >= 11 is 0. The molecule has 2 aromatic carbocycles. The lowest BCUT2D eigenvalue weighted by atomic mass is 9.84. The Morgan fingerprint density at radius 2 is 1.66 bits per heavy atom. The topological polar surface area (TPSA) is 114 Å². The summed E-state index contributed by atoms with van der Waals surface area (Å²) < 4.78 is 10.8. The fraction of sp³-hybridized carbons (Fsp3) is 0.444. The summed E-state index contributed by atoms with van der Waals surface area (Å²) in [6.45, 7) is 6.24. The van der Waals surface area contributed by atoms with E-state index < -0.39 is 35.7 Å². The Morgan fingerprint density at radius 3 is 2.23 bits per heavy atom. The number of carbonyl (C=O) groups is 3. The zero-order chi connectivity index (χ0) is 25.2. The van der Waals surface area contributed by atoms with Gasteiger partial charge in [0.1, 0.15) is 6.61 Å². The molecule has 35 heavy (non-hydrogen) atoms. The number of carboxylic acids is 1. The number of amides is 2. The minimum atomic E-state index is -1.10. The molecule has 186 valence electrons. The molecule has 1 aliphatic carbocycles. The fourth-order valence-corrected chi connectivity index (χ4v) is 4.79. The minimum Gasteiger partial charge on any atom is -0.479 e. The van der Waals surface area contributed by atoms with Gasteiger partial charge in [0.2, 0.25) is 5.91 Å². The highest BCUT2D eigenvalue weighted by Crippen LogP contribution is 2.44. The molecule has 0 aromatic heterocycles. The van der Waals surface area contributed by atoms with Gasteiger partial charge in [-0.2, -0.15) is 0 Å². The van der Waals surface area contributed by atoms with Crippen LogP contribution >= 0.6 is 0 Å². The summed E-state index contributed by atoms with van der Waals surface area (Å²) in [7, 11) is 0. The van der Waals surface area contributed by atoms with Crippen molar-refractivity contribution in [2.75, 3.05) is 13.2 Å². The molecule has 2 aromatic rings. The molecular weight excluding hydrogens is 448 g/mol. The molecule has 0 bridgehead atoms. The van der Waals surface area contributed by atoms with E-state index in [0.717, 1.165) is 22.3 Å². The number of fused-ring (bicyclic) bond motifs is 3. The zero-order valence-corrected chi connectivity index (χ0v) is 20.2. The summed E-state index contributed by atoms with van der Waals surface area (Å²) in [5.74, 6) is -1.50. The van der Waals surface area contributed by atoms with Crippen LogP contribution in [0.4, 0.5) is 4.79 Å². The van der Waals surface area contributed by atoms with Gasteiger partial charge in [-0.05, 0) is 34.1 Å². The lowest BCUT2D eigenvalue weighted by Crippen LogP contribution is -2.50. The van der Waals surface area contributed by atoms with Gasteiger partial charge in [0.15, 0.2) is 6.10 Å². The number of benzene rings is 2. The molecule has 1 heterocycles. The molecule has 1 fully saturated rings. The van der Waals surface area contributed by atoms with E-state index in [1.165, 1.54) is 0 Å². The van der Waals surface area contributed by atoms with Crippen LogP contribution in [0.5, 0.6) is 0 Å². The largest absolute Gasteiger partial charge is 0.479 e. The second-order valence-electron chi connectivity index (χ2n) is 10.2. The van der Waals surface area contributed by atoms with E-state index in [9.17, 15) is 19.5 Å². The monoisotopic (exact) mass is 480 g/mol. The van der Waals surface area contributed by atoms with Crippen LogP contribution in [-0.2, 0) is 19.1 Å². The Hall–Kier alpha value is -3.39. The van der Waals surface area contributed by atoms with Crippen LogP contribution < -0.4 is 10.6 Å². The normalized spacial score (nSPS) is 20.0. The van der Waals surface area contributed by atoms with Crippen LogP contribution in [0.2, 0.25) is 0 Å². The zero-order valence-electron chi connectivity index (χ0n) is 20.2. The van der Waals surface area contributed by atoms with Gasteiger partial charge in [0, 0.05) is 25.0 Å². The Bertz CT molecular complexity index is 1060. The van der Waals surface area contributed by atoms with E-state index >= 15 is 0 Å². The molecule has 3 atom stereocenters. The Morgan fingerprint density at radius 1 is 1.06 bits per heavy atom. The molecule has 0 saturated carbocycles. The lowest BCUT2D eigenvalue weighted by molar-refractivity contribution is -0.148. The van der Waals surface area contributed by atoms with Crippen LogP contribution in [0.3, 0.4) is 0 Å². The van der Waals surface area contributed by atoms with Gasteiger partial charge in [-0.1, -0.05) is 69.3 Å².